The van der Waals surface area contributed by atoms with Crippen molar-refractivity contribution in [3.63, 3.8) is 0 Å². The number of carbonyl (C=O) groups is 2. The van der Waals surface area contributed by atoms with E-state index in [4.69, 9.17) is 22.9 Å². The summed E-state index contributed by atoms with van der Waals surface area (Å²) in [6.07, 6.45) is 1.14. The molecule has 0 bridgehead atoms. The maximum Gasteiger partial charge on any atom is 0.304 e. The molecule has 1 N–H and O–H groups in total. The van der Waals surface area contributed by atoms with Crippen LogP contribution in [0.3, 0.4) is 0 Å². The zero-order valence-corrected chi connectivity index (χ0v) is 10.7. The Hall–Kier alpha value is -2.32. The number of para-hydroxylation sites is 1. The summed E-state index contributed by atoms with van der Waals surface area (Å²) in [5.74, 6) is -1.19. The summed E-state index contributed by atoms with van der Waals surface area (Å²) in [6, 6.07) is 6.76. The summed E-state index contributed by atoms with van der Waals surface area (Å²) in [6.45, 7) is 8.03. The minimum atomic E-state index is -1.68. The molecule has 6 heteroatoms. The molecular weight excluding hydrogens is 268 g/mol. The van der Waals surface area contributed by atoms with Gasteiger partial charge in [-0.15, -0.1) is 11.6 Å². The molecular formula is C13H9ClN2O3. The number of fused-ring (bicyclic) bond motifs is 1. The van der Waals surface area contributed by atoms with Crippen LogP contribution in [0.1, 0.15) is 12.5 Å². The predicted molar refractivity (Wildman–Crippen MR) is 69.1 cm³/mol. The van der Waals surface area contributed by atoms with Gasteiger partial charge in [0.05, 0.1) is 6.57 Å². The van der Waals surface area contributed by atoms with Gasteiger partial charge in [-0.2, -0.15) is 0 Å². The Kier molecular flexibility index (Phi) is 3.28. The van der Waals surface area contributed by atoms with Gasteiger partial charge in [0, 0.05) is 18.2 Å². The number of nitrogens with one attached hydrogen (secondary N) is 1. The van der Waals surface area contributed by atoms with E-state index in [1.807, 2.05) is 0 Å². The zero-order chi connectivity index (χ0) is 14.0. The Morgan fingerprint density at radius 2 is 2.21 bits per heavy atom. The van der Waals surface area contributed by atoms with Gasteiger partial charge in [0.25, 0.3) is 11.1 Å². The third kappa shape index (κ3) is 2.18. The van der Waals surface area contributed by atoms with Crippen LogP contribution in [0.25, 0.3) is 4.85 Å². The average Bonchev–Trinajstić information content (AvgIpc) is 2.62. The molecule has 1 heterocycles. The molecule has 0 unspecified atom stereocenters. The Bertz CT molecular complexity index is 633. The molecule has 0 saturated carbocycles. The fourth-order valence-electron chi connectivity index (χ4n) is 1.95. The first-order chi connectivity index (χ1) is 8.99. The molecule has 0 radical (unpaired) electrons. The largest absolute Gasteiger partial charge is 0.441 e. The fourth-order valence-corrected chi connectivity index (χ4v) is 2.11. The molecule has 1 aromatic carbocycles. The average molecular weight is 277 g/mol. The number of amides is 1. The van der Waals surface area contributed by atoms with E-state index in [0.717, 1.165) is 6.08 Å². The van der Waals surface area contributed by atoms with Crippen LogP contribution in [0.2, 0.25) is 0 Å². The molecule has 96 valence electrons. The van der Waals surface area contributed by atoms with E-state index in [2.05, 4.69) is 10.2 Å². The van der Waals surface area contributed by atoms with Gasteiger partial charge in [-0.3, -0.25) is 9.59 Å². The highest BCUT2D eigenvalue weighted by atomic mass is 35.5. The predicted octanol–water partition coefficient (Wildman–Crippen LogP) is 2.40. The Morgan fingerprint density at radius 3 is 2.84 bits per heavy atom. The third-order valence-electron chi connectivity index (χ3n) is 2.65. The molecule has 0 aromatic heterocycles. The van der Waals surface area contributed by atoms with Crippen LogP contribution in [0.5, 0.6) is 0 Å². The maximum atomic E-state index is 12.1. The summed E-state index contributed by atoms with van der Waals surface area (Å²) < 4.78 is 5.15. The first-order valence-electron chi connectivity index (χ1n) is 5.36. The van der Waals surface area contributed by atoms with Gasteiger partial charge < -0.3 is 10.1 Å². The molecule has 1 aromatic rings. The molecule has 0 fully saturated rings. The highest BCUT2D eigenvalue weighted by Crippen LogP contribution is 2.41. The summed E-state index contributed by atoms with van der Waals surface area (Å²) >= 11 is 5.69. The Balaban J connectivity index is 2.65. The molecule has 19 heavy (non-hydrogen) atoms. The molecule has 0 saturated heterocycles. The van der Waals surface area contributed by atoms with Gasteiger partial charge in [-0.1, -0.05) is 18.2 Å². The molecule has 2 rings (SSSR count). The van der Waals surface area contributed by atoms with Crippen molar-refractivity contribution in [1.82, 2.24) is 0 Å². The number of benzene rings is 1. The van der Waals surface area contributed by atoms with E-state index < -0.39 is 17.5 Å². The minimum absolute atomic E-state index is 0.242. The summed E-state index contributed by atoms with van der Waals surface area (Å²) in [4.78, 5) is 26.4. The van der Waals surface area contributed by atoms with Crippen LogP contribution in [-0.4, -0.2) is 11.9 Å². The van der Waals surface area contributed by atoms with Gasteiger partial charge in [-0.25, -0.2) is 4.85 Å². The molecule has 1 amide bonds. The van der Waals surface area contributed by atoms with Crippen molar-refractivity contribution >= 4 is 29.2 Å². The summed E-state index contributed by atoms with van der Waals surface area (Å²) in [7, 11) is 0. The zero-order valence-electron chi connectivity index (χ0n) is 9.94. The lowest BCUT2D eigenvalue weighted by Gasteiger charge is -2.23. The number of nitrogens with zero attached hydrogens (tertiary/aromatic N) is 1. The normalized spacial score (nSPS) is 21.3. The van der Waals surface area contributed by atoms with Crippen molar-refractivity contribution in [1.29, 1.82) is 0 Å². The van der Waals surface area contributed by atoms with Crippen molar-refractivity contribution in [3.05, 3.63) is 52.5 Å². The lowest BCUT2D eigenvalue weighted by atomic mass is 9.95. The fraction of sp³-hybridized carbons (Fsp3) is 0.154. The number of rotatable bonds is 2. The maximum absolute atomic E-state index is 12.1. The van der Waals surface area contributed by atoms with E-state index in [-0.39, 0.29) is 5.16 Å². The number of esters is 1. The van der Waals surface area contributed by atoms with Gasteiger partial charge in [0.1, 0.15) is 0 Å². The number of carbonyl (C=O) groups excluding carboxylic acids is 2. The van der Waals surface area contributed by atoms with Crippen LogP contribution >= 0.6 is 11.6 Å². The van der Waals surface area contributed by atoms with Crippen molar-refractivity contribution in [2.45, 2.75) is 12.5 Å². The van der Waals surface area contributed by atoms with Crippen LogP contribution < -0.4 is 5.32 Å². The second-order valence-corrected chi connectivity index (χ2v) is 4.30. The highest BCUT2D eigenvalue weighted by Gasteiger charge is 2.48. The Labute approximate surface area is 114 Å². The SMILES string of the molecule is [C-]#[N+]/C(Cl)=C/[C@@]1(OC(C)=O)C(=O)Nc2ccccc21. The number of anilines is 1. The van der Waals surface area contributed by atoms with Gasteiger partial charge in [0.15, 0.2) is 0 Å². The van der Waals surface area contributed by atoms with Crippen LogP contribution in [-0.2, 0) is 19.9 Å². The van der Waals surface area contributed by atoms with E-state index in [0.29, 0.717) is 11.3 Å². The smallest absolute Gasteiger partial charge is 0.304 e. The topological polar surface area (TPSA) is 59.8 Å². The van der Waals surface area contributed by atoms with Crippen molar-refractivity contribution < 1.29 is 14.3 Å². The van der Waals surface area contributed by atoms with Gasteiger partial charge >= 0.3 is 5.97 Å². The molecule has 1 aliphatic heterocycles. The van der Waals surface area contributed by atoms with Crippen LogP contribution in [0.4, 0.5) is 5.69 Å². The number of hydrogen-bond acceptors (Lipinski definition) is 3. The van der Waals surface area contributed by atoms with Crippen LogP contribution in [0, 0.1) is 6.57 Å². The summed E-state index contributed by atoms with van der Waals surface area (Å²) in [5.41, 5.74) is -0.694. The second-order valence-electron chi connectivity index (χ2n) is 3.91. The van der Waals surface area contributed by atoms with Gasteiger partial charge in [-0.05, 0) is 12.1 Å². The highest BCUT2D eigenvalue weighted by molar-refractivity contribution is 6.31. The monoisotopic (exact) mass is 276 g/mol. The molecule has 0 spiro atoms. The lowest BCUT2D eigenvalue weighted by Crippen LogP contribution is -2.37. The van der Waals surface area contributed by atoms with E-state index in [1.54, 1.807) is 24.3 Å². The summed E-state index contributed by atoms with van der Waals surface area (Å²) in [5, 5.41) is 2.36. The quantitative estimate of drug-likeness (QED) is 0.513. The third-order valence-corrected chi connectivity index (χ3v) is 2.84. The van der Waals surface area contributed by atoms with E-state index >= 15 is 0 Å². The van der Waals surface area contributed by atoms with Gasteiger partial charge in [0.2, 0.25) is 5.60 Å². The van der Waals surface area contributed by atoms with Crippen molar-refractivity contribution in [2.24, 2.45) is 0 Å². The Morgan fingerprint density at radius 1 is 1.53 bits per heavy atom. The molecule has 1 aliphatic rings. The first kappa shape index (κ1) is 13.1. The minimum Gasteiger partial charge on any atom is -0.441 e. The first-order valence-corrected chi connectivity index (χ1v) is 5.74. The number of hydrogen-bond donors (Lipinski definition) is 1. The van der Waals surface area contributed by atoms with Crippen molar-refractivity contribution in [2.75, 3.05) is 5.32 Å². The molecule has 5 nitrogen and oxygen atoms in total. The lowest BCUT2D eigenvalue weighted by molar-refractivity contribution is -0.159. The van der Waals surface area contributed by atoms with E-state index in [9.17, 15) is 9.59 Å². The standard InChI is InChI=1S/C13H9ClN2O3/c1-8(17)19-13(7-11(14)15-2)9-5-3-4-6-10(9)16-12(13)18/h3-7H,1H3,(H,16,18)/b11-7+/t13-/m0/s1. The molecule has 0 aliphatic carbocycles. The van der Waals surface area contributed by atoms with E-state index in [1.165, 1.54) is 6.92 Å². The van der Waals surface area contributed by atoms with Crippen molar-refractivity contribution in [3.8, 4) is 0 Å². The van der Waals surface area contributed by atoms with Crippen LogP contribution in [0.15, 0.2) is 35.5 Å². The molecule has 1 atom stereocenters. The second kappa shape index (κ2) is 4.75. The number of halogens is 1. The number of ether oxygens (including phenoxy) is 1.